The molecule has 1 aromatic rings. The molecule has 2 spiro atoms. The maximum atomic E-state index is 14.1. The fourth-order valence-corrected chi connectivity index (χ4v) is 7.22. The summed E-state index contributed by atoms with van der Waals surface area (Å²) in [7, 11) is -3.17. The molecule has 0 atom stereocenters. The first-order valence-corrected chi connectivity index (χ1v) is 11.6. The van der Waals surface area contributed by atoms with Gasteiger partial charge >= 0.3 is 6.03 Å². The predicted molar refractivity (Wildman–Crippen MR) is 103 cm³/mol. The fourth-order valence-electron chi connectivity index (χ4n) is 5.56. The van der Waals surface area contributed by atoms with Crippen LogP contribution in [0.5, 0.6) is 0 Å². The van der Waals surface area contributed by atoms with Gasteiger partial charge in [-0.3, -0.25) is 0 Å². The lowest BCUT2D eigenvalue weighted by molar-refractivity contribution is -0.0823. The average molecular weight is 418 g/mol. The van der Waals surface area contributed by atoms with Crippen LogP contribution in [-0.4, -0.2) is 61.7 Å². The Labute approximate surface area is 169 Å². The van der Waals surface area contributed by atoms with E-state index < -0.39 is 15.6 Å². The Morgan fingerprint density at radius 2 is 1.93 bits per heavy atom. The van der Waals surface area contributed by atoms with E-state index in [-0.39, 0.29) is 23.0 Å². The molecule has 0 aromatic heterocycles. The Balaban J connectivity index is 1.09. The minimum absolute atomic E-state index is 0.00562. The molecule has 1 aliphatic carbocycles. The number of sulfonamides is 1. The molecule has 4 aliphatic rings. The van der Waals surface area contributed by atoms with Gasteiger partial charge < -0.3 is 9.80 Å². The van der Waals surface area contributed by atoms with Gasteiger partial charge in [-0.2, -0.15) is 5.26 Å². The number of halogens is 1. The third-order valence-corrected chi connectivity index (χ3v) is 8.42. The van der Waals surface area contributed by atoms with E-state index in [1.54, 1.807) is 17.0 Å². The zero-order valence-corrected chi connectivity index (χ0v) is 16.8. The number of nitrogens with zero attached hydrogens (tertiary/aromatic N) is 3. The molecule has 2 amide bonds. The summed E-state index contributed by atoms with van der Waals surface area (Å²) in [6, 6.07) is 6.58. The highest BCUT2D eigenvalue weighted by molar-refractivity contribution is 7.89. The lowest BCUT2D eigenvalue weighted by Crippen LogP contribution is -2.73. The summed E-state index contributed by atoms with van der Waals surface area (Å²) in [4.78, 5) is 16.2. The third-order valence-electron chi connectivity index (χ3n) is 6.94. The predicted octanol–water partition coefficient (Wildman–Crippen LogP) is 1.45. The zero-order chi connectivity index (χ0) is 20.4. The molecule has 1 saturated carbocycles. The van der Waals surface area contributed by atoms with Crippen LogP contribution in [0.25, 0.3) is 0 Å². The number of benzene rings is 1. The Morgan fingerprint density at radius 1 is 1.24 bits per heavy atom. The summed E-state index contributed by atoms with van der Waals surface area (Å²) in [5.41, 5.74) is 0.716. The van der Waals surface area contributed by atoms with E-state index >= 15 is 0 Å². The maximum absolute atomic E-state index is 14.1. The van der Waals surface area contributed by atoms with Gasteiger partial charge in [-0.25, -0.2) is 22.3 Å². The molecule has 1 N–H and O–H groups in total. The van der Waals surface area contributed by atoms with Crippen molar-refractivity contribution < 1.29 is 17.6 Å². The molecule has 9 heteroatoms. The molecule has 0 radical (unpaired) electrons. The van der Waals surface area contributed by atoms with E-state index in [9.17, 15) is 17.6 Å². The highest BCUT2D eigenvalue weighted by atomic mass is 32.2. The molecule has 3 heterocycles. The topological polar surface area (TPSA) is 93.5 Å². The van der Waals surface area contributed by atoms with Crippen molar-refractivity contribution in [2.75, 3.05) is 31.9 Å². The van der Waals surface area contributed by atoms with Gasteiger partial charge in [-0.1, -0.05) is 6.07 Å². The number of carbonyl (C=O) groups is 1. The van der Waals surface area contributed by atoms with Gasteiger partial charge in [-0.05, 0) is 49.3 Å². The highest BCUT2D eigenvalue weighted by Gasteiger charge is 2.57. The van der Waals surface area contributed by atoms with Crippen molar-refractivity contribution in [3.05, 3.63) is 35.1 Å². The molecule has 154 valence electrons. The largest absolute Gasteiger partial charge is 0.323 e. The number of urea groups is 1. The van der Waals surface area contributed by atoms with E-state index in [2.05, 4.69) is 4.72 Å². The van der Waals surface area contributed by atoms with Gasteiger partial charge in [-0.15, -0.1) is 0 Å². The second-order valence-electron chi connectivity index (χ2n) is 9.34. The first kappa shape index (κ1) is 18.8. The number of carbonyl (C=O) groups excluding carboxylic acids is 1. The Bertz CT molecular complexity index is 1010. The van der Waals surface area contributed by atoms with Gasteiger partial charge in [0, 0.05) is 31.6 Å². The summed E-state index contributed by atoms with van der Waals surface area (Å²) in [6.45, 7) is 2.37. The average Bonchev–Trinajstić information content (AvgIpc) is 2.91. The van der Waals surface area contributed by atoms with Gasteiger partial charge in [0.1, 0.15) is 5.82 Å². The number of amides is 2. The molecular weight excluding hydrogens is 395 g/mol. The zero-order valence-electron chi connectivity index (χ0n) is 16.0. The fraction of sp³-hybridized carbons (Fsp3) is 0.600. The lowest BCUT2D eigenvalue weighted by Gasteiger charge is -2.61. The Hall–Kier alpha value is -2.18. The Morgan fingerprint density at radius 3 is 2.52 bits per heavy atom. The summed E-state index contributed by atoms with van der Waals surface area (Å²) in [5.74, 6) is 0.239. The van der Waals surface area contributed by atoms with Crippen molar-refractivity contribution in [2.45, 2.75) is 31.2 Å². The summed E-state index contributed by atoms with van der Waals surface area (Å²) < 4.78 is 40.0. The first-order chi connectivity index (χ1) is 13.7. The summed E-state index contributed by atoms with van der Waals surface area (Å²) in [6.07, 6.45) is 3.21. The van der Waals surface area contributed by atoms with Crippen LogP contribution in [0.4, 0.5) is 9.18 Å². The van der Waals surface area contributed by atoms with Crippen molar-refractivity contribution in [2.24, 2.45) is 11.3 Å². The smallest absolute Gasteiger partial charge is 0.320 e. The van der Waals surface area contributed by atoms with Crippen LogP contribution in [0.2, 0.25) is 0 Å². The van der Waals surface area contributed by atoms with Crippen molar-refractivity contribution in [1.29, 1.82) is 5.26 Å². The van der Waals surface area contributed by atoms with Gasteiger partial charge in [0.15, 0.2) is 0 Å². The number of hydrogen-bond donors (Lipinski definition) is 1. The van der Waals surface area contributed by atoms with Crippen LogP contribution in [0.1, 0.15) is 30.4 Å². The van der Waals surface area contributed by atoms with E-state index in [0.717, 1.165) is 25.9 Å². The van der Waals surface area contributed by atoms with E-state index in [0.29, 0.717) is 43.0 Å². The van der Waals surface area contributed by atoms with Crippen LogP contribution in [-0.2, 0) is 16.4 Å². The van der Waals surface area contributed by atoms with Crippen molar-refractivity contribution in [3.8, 4) is 6.07 Å². The van der Waals surface area contributed by atoms with Crippen molar-refractivity contribution in [3.63, 3.8) is 0 Å². The van der Waals surface area contributed by atoms with Gasteiger partial charge in [0.05, 0.1) is 22.9 Å². The van der Waals surface area contributed by atoms with Gasteiger partial charge in [0.2, 0.25) is 10.0 Å². The molecule has 7 nitrogen and oxygen atoms in total. The molecule has 3 aliphatic heterocycles. The van der Waals surface area contributed by atoms with E-state index in [1.165, 1.54) is 6.07 Å². The van der Waals surface area contributed by atoms with E-state index in [4.69, 9.17) is 5.26 Å². The minimum atomic E-state index is -3.17. The summed E-state index contributed by atoms with van der Waals surface area (Å²) in [5, 5.41) is 8.83. The molecular formula is C20H23FN4O3S. The highest BCUT2D eigenvalue weighted by Crippen LogP contribution is 2.53. The van der Waals surface area contributed by atoms with Crippen molar-refractivity contribution in [1.82, 2.24) is 14.5 Å². The standard InChI is InChI=1S/C20H23FN4O3S/c21-17-6-14(9-22)1-2-16(17)5-15-7-19(8-15)10-24(11-19)18(26)25-12-20(13-25)3-4-29(27,28)23-20/h1-2,6,15,23H,3-5,7-8,10-13H2. The lowest BCUT2D eigenvalue weighted by atomic mass is 9.56. The second-order valence-corrected chi connectivity index (χ2v) is 11.2. The number of rotatable bonds is 2. The Kier molecular flexibility index (Phi) is 4.00. The monoisotopic (exact) mass is 418 g/mol. The molecule has 29 heavy (non-hydrogen) atoms. The molecule has 1 aromatic carbocycles. The normalized spacial score (nSPS) is 25.9. The van der Waals surface area contributed by atoms with Crippen LogP contribution in [0.3, 0.4) is 0 Å². The number of nitriles is 1. The molecule has 5 rings (SSSR count). The molecule has 0 unspecified atom stereocenters. The SMILES string of the molecule is N#Cc1ccc(CC2CC3(C2)CN(C(=O)N2CC4(CCS(=O)(=O)N4)C2)C3)c(F)c1. The third kappa shape index (κ3) is 3.19. The quantitative estimate of drug-likeness (QED) is 0.787. The minimum Gasteiger partial charge on any atom is -0.323 e. The first-order valence-electron chi connectivity index (χ1n) is 9.95. The van der Waals surface area contributed by atoms with Crippen molar-refractivity contribution >= 4 is 16.1 Å². The van der Waals surface area contributed by atoms with Crippen LogP contribution < -0.4 is 4.72 Å². The van der Waals surface area contributed by atoms with E-state index in [1.807, 2.05) is 11.0 Å². The number of hydrogen-bond acceptors (Lipinski definition) is 4. The van der Waals surface area contributed by atoms with Gasteiger partial charge in [0.25, 0.3) is 0 Å². The maximum Gasteiger partial charge on any atom is 0.320 e. The molecule has 0 bridgehead atoms. The van der Waals surface area contributed by atoms with Crippen LogP contribution in [0.15, 0.2) is 18.2 Å². The molecule has 4 fully saturated rings. The van der Waals surface area contributed by atoms with Crippen LogP contribution >= 0.6 is 0 Å². The second kappa shape index (κ2) is 6.16. The molecule has 3 saturated heterocycles. The van der Waals surface area contributed by atoms with Crippen LogP contribution in [0, 0.1) is 28.5 Å². The summed E-state index contributed by atoms with van der Waals surface area (Å²) >= 11 is 0. The number of nitrogens with one attached hydrogen (secondary N) is 1. The number of likely N-dealkylation sites (tertiary alicyclic amines) is 2.